The number of benzene rings is 2. The van der Waals surface area contributed by atoms with Gasteiger partial charge in [-0.1, -0.05) is 49.4 Å². The van der Waals surface area contributed by atoms with Crippen molar-refractivity contribution < 1.29 is 14.2 Å². The Morgan fingerprint density at radius 3 is 2.38 bits per heavy atom. The third-order valence-corrected chi connectivity index (χ3v) is 3.67. The van der Waals surface area contributed by atoms with Crippen molar-refractivity contribution in [3.8, 4) is 5.75 Å². The lowest BCUT2D eigenvalue weighted by molar-refractivity contribution is -0.0451. The molecular formula is C18H20O3. The van der Waals surface area contributed by atoms with Crippen molar-refractivity contribution in [2.45, 2.75) is 26.2 Å². The summed E-state index contributed by atoms with van der Waals surface area (Å²) < 4.78 is 17.2. The summed E-state index contributed by atoms with van der Waals surface area (Å²) in [6.07, 6.45) is 0.707. The van der Waals surface area contributed by atoms with Gasteiger partial charge in [0.2, 0.25) is 0 Å². The van der Waals surface area contributed by atoms with Crippen molar-refractivity contribution in [2.24, 2.45) is 0 Å². The average Bonchev–Trinajstić information content (AvgIpc) is 3.08. The Labute approximate surface area is 125 Å². The molecule has 2 aromatic carbocycles. The molecule has 0 unspecified atom stereocenters. The molecule has 0 aliphatic carbocycles. The van der Waals surface area contributed by atoms with Gasteiger partial charge >= 0.3 is 0 Å². The molecule has 3 heteroatoms. The summed E-state index contributed by atoms with van der Waals surface area (Å²) in [4.78, 5) is 0. The number of rotatable bonds is 5. The average molecular weight is 284 g/mol. The molecule has 1 heterocycles. The molecule has 1 aliphatic heterocycles. The Morgan fingerprint density at radius 2 is 1.62 bits per heavy atom. The lowest BCUT2D eigenvalue weighted by atomic mass is 10.1. The van der Waals surface area contributed by atoms with E-state index in [0.717, 1.165) is 23.3 Å². The molecule has 0 N–H and O–H groups in total. The first-order chi connectivity index (χ1) is 10.4. The molecule has 3 rings (SSSR count). The Balaban J connectivity index is 1.76. The van der Waals surface area contributed by atoms with Crippen molar-refractivity contribution in [3.05, 3.63) is 65.2 Å². The van der Waals surface area contributed by atoms with Crippen LogP contribution in [0.4, 0.5) is 0 Å². The summed E-state index contributed by atoms with van der Waals surface area (Å²) in [5.41, 5.74) is 3.39. The van der Waals surface area contributed by atoms with Crippen LogP contribution in [-0.4, -0.2) is 13.2 Å². The van der Waals surface area contributed by atoms with Crippen LogP contribution in [0, 0.1) is 0 Å². The van der Waals surface area contributed by atoms with Gasteiger partial charge in [0, 0.05) is 5.56 Å². The van der Waals surface area contributed by atoms with Gasteiger partial charge in [-0.15, -0.1) is 0 Å². The predicted molar refractivity (Wildman–Crippen MR) is 81.2 cm³/mol. The minimum atomic E-state index is -0.258. The first-order valence-electron chi connectivity index (χ1n) is 7.40. The van der Waals surface area contributed by atoms with Crippen LogP contribution in [0.3, 0.4) is 0 Å². The van der Waals surface area contributed by atoms with E-state index in [2.05, 4.69) is 19.1 Å². The van der Waals surface area contributed by atoms with Crippen molar-refractivity contribution in [1.29, 1.82) is 0 Å². The maximum Gasteiger partial charge on any atom is 0.184 e. The van der Waals surface area contributed by atoms with Crippen LogP contribution in [0.1, 0.15) is 29.9 Å². The summed E-state index contributed by atoms with van der Waals surface area (Å²) in [7, 11) is 0. The molecule has 0 radical (unpaired) electrons. The Kier molecular flexibility index (Phi) is 4.53. The zero-order valence-electron chi connectivity index (χ0n) is 12.2. The van der Waals surface area contributed by atoms with Gasteiger partial charge in [0.25, 0.3) is 0 Å². The second-order valence-corrected chi connectivity index (χ2v) is 5.02. The van der Waals surface area contributed by atoms with Gasteiger partial charge in [-0.2, -0.15) is 0 Å². The molecule has 3 nitrogen and oxygen atoms in total. The van der Waals surface area contributed by atoms with E-state index in [0.29, 0.717) is 19.8 Å². The number of hydrogen-bond donors (Lipinski definition) is 0. The normalized spacial score (nSPS) is 15.3. The van der Waals surface area contributed by atoms with Gasteiger partial charge in [-0.25, -0.2) is 0 Å². The van der Waals surface area contributed by atoms with E-state index in [1.807, 2.05) is 36.4 Å². The fourth-order valence-corrected chi connectivity index (χ4v) is 2.53. The molecule has 0 aromatic heterocycles. The van der Waals surface area contributed by atoms with E-state index in [4.69, 9.17) is 14.2 Å². The van der Waals surface area contributed by atoms with E-state index in [9.17, 15) is 0 Å². The molecule has 0 spiro atoms. The van der Waals surface area contributed by atoms with Crippen LogP contribution in [0.5, 0.6) is 5.75 Å². The summed E-state index contributed by atoms with van der Waals surface area (Å²) >= 11 is 0. The first-order valence-corrected chi connectivity index (χ1v) is 7.40. The highest BCUT2D eigenvalue weighted by Crippen LogP contribution is 2.27. The largest absolute Gasteiger partial charge is 0.489 e. The van der Waals surface area contributed by atoms with Crippen LogP contribution < -0.4 is 4.74 Å². The number of hydrogen-bond acceptors (Lipinski definition) is 3. The zero-order valence-corrected chi connectivity index (χ0v) is 12.2. The number of ether oxygens (including phenoxy) is 3. The Bertz CT molecular complexity index is 589. The molecule has 21 heavy (non-hydrogen) atoms. The van der Waals surface area contributed by atoms with Crippen LogP contribution >= 0.6 is 0 Å². The fraction of sp³-hybridized carbons (Fsp3) is 0.333. The van der Waals surface area contributed by atoms with Crippen molar-refractivity contribution in [1.82, 2.24) is 0 Å². The molecule has 0 amide bonds. The van der Waals surface area contributed by atoms with E-state index < -0.39 is 0 Å². The van der Waals surface area contributed by atoms with Gasteiger partial charge in [0.1, 0.15) is 12.4 Å². The molecule has 2 aromatic rings. The zero-order chi connectivity index (χ0) is 14.5. The summed E-state index contributed by atoms with van der Waals surface area (Å²) in [6, 6.07) is 16.3. The molecule has 1 aliphatic rings. The highest BCUT2D eigenvalue weighted by molar-refractivity contribution is 5.34. The molecule has 1 fully saturated rings. The van der Waals surface area contributed by atoms with Gasteiger partial charge in [0.15, 0.2) is 6.29 Å². The van der Waals surface area contributed by atoms with E-state index in [1.54, 1.807) is 0 Å². The first kappa shape index (κ1) is 14.1. The van der Waals surface area contributed by atoms with Gasteiger partial charge in [-0.05, 0) is 23.6 Å². The maximum atomic E-state index is 6.00. The second-order valence-electron chi connectivity index (χ2n) is 5.02. The monoisotopic (exact) mass is 284 g/mol. The Hall–Kier alpha value is -1.84. The number of aryl methyl sites for hydroxylation is 1. The standard InChI is InChI=1S/C18H20O3/c1-2-14-7-4-6-10-17(14)21-13-15-8-3-5-9-16(15)18-19-11-12-20-18/h3-10,18H,2,11-13H2,1H3. The van der Waals surface area contributed by atoms with Gasteiger partial charge in [0.05, 0.1) is 13.2 Å². The van der Waals surface area contributed by atoms with Crippen molar-refractivity contribution in [2.75, 3.05) is 13.2 Å². The molecule has 0 bridgehead atoms. The van der Waals surface area contributed by atoms with Gasteiger partial charge in [-0.3, -0.25) is 0 Å². The van der Waals surface area contributed by atoms with Crippen molar-refractivity contribution >= 4 is 0 Å². The molecule has 1 saturated heterocycles. The van der Waals surface area contributed by atoms with E-state index in [-0.39, 0.29) is 6.29 Å². The number of para-hydroxylation sites is 1. The van der Waals surface area contributed by atoms with Crippen LogP contribution in [0.15, 0.2) is 48.5 Å². The summed E-state index contributed by atoms with van der Waals surface area (Å²) in [5, 5.41) is 0. The third-order valence-electron chi connectivity index (χ3n) is 3.67. The minimum absolute atomic E-state index is 0.258. The van der Waals surface area contributed by atoms with Crippen LogP contribution in [-0.2, 0) is 22.5 Å². The van der Waals surface area contributed by atoms with Crippen molar-refractivity contribution in [3.63, 3.8) is 0 Å². The summed E-state index contributed by atoms with van der Waals surface area (Å²) in [5.74, 6) is 0.947. The van der Waals surface area contributed by atoms with E-state index >= 15 is 0 Å². The quantitative estimate of drug-likeness (QED) is 0.834. The topological polar surface area (TPSA) is 27.7 Å². The molecular weight excluding hydrogens is 264 g/mol. The Morgan fingerprint density at radius 1 is 0.952 bits per heavy atom. The SMILES string of the molecule is CCc1ccccc1OCc1ccccc1C1OCCO1. The minimum Gasteiger partial charge on any atom is -0.489 e. The second kappa shape index (κ2) is 6.74. The lowest BCUT2D eigenvalue weighted by Crippen LogP contribution is -2.06. The molecule has 110 valence electrons. The third kappa shape index (κ3) is 3.26. The highest BCUT2D eigenvalue weighted by Gasteiger charge is 2.21. The van der Waals surface area contributed by atoms with E-state index in [1.165, 1.54) is 5.56 Å². The summed E-state index contributed by atoms with van der Waals surface area (Å²) in [6.45, 7) is 3.96. The maximum absolute atomic E-state index is 6.00. The predicted octanol–water partition coefficient (Wildman–Crippen LogP) is 3.87. The fourth-order valence-electron chi connectivity index (χ4n) is 2.53. The van der Waals surface area contributed by atoms with Gasteiger partial charge < -0.3 is 14.2 Å². The molecule has 0 saturated carbocycles. The van der Waals surface area contributed by atoms with Crippen LogP contribution in [0.2, 0.25) is 0 Å². The smallest absolute Gasteiger partial charge is 0.184 e. The molecule has 0 atom stereocenters. The lowest BCUT2D eigenvalue weighted by Gasteiger charge is -2.16. The van der Waals surface area contributed by atoms with Crippen LogP contribution in [0.25, 0.3) is 0 Å². The highest BCUT2D eigenvalue weighted by atomic mass is 16.7.